The van der Waals surface area contributed by atoms with E-state index in [2.05, 4.69) is 30.0 Å². The van der Waals surface area contributed by atoms with Crippen LogP contribution in [-0.4, -0.2) is 26.2 Å². The average molecular weight is 345 g/mol. The molecule has 1 aromatic rings. The molecule has 0 aliphatic rings. The lowest BCUT2D eigenvalue weighted by Gasteiger charge is -2.27. The zero-order valence-electron chi connectivity index (χ0n) is 14.0. The summed E-state index contributed by atoms with van der Waals surface area (Å²) in [7, 11) is 5.81. The second kappa shape index (κ2) is 8.17. The van der Waals surface area contributed by atoms with Crippen LogP contribution in [0, 0.1) is 11.3 Å². The van der Waals surface area contributed by atoms with Gasteiger partial charge < -0.3 is 9.47 Å². The molecule has 0 aliphatic heterocycles. The van der Waals surface area contributed by atoms with Gasteiger partial charge in [0.2, 0.25) is 0 Å². The van der Waals surface area contributed by atoms with E-state index in [1.807, 2.05) is 0 Å². The molecule has 0 N–H and O–H groups in total. The van der Waals surface area contributed by atoms with Crippen LogP contribution in [0.5, 0.6) is 11.5 Å². The molecule has 1 aromatic carbocycles. The van der Waals surface area contributed by atoms with E-state index in [-0.39, 0.29) is 11.2 Å². The van der Waals surface area contributed by atoms with Gasteiger partial charge in [-0.2, -0.15) is 0 Å². The number of benzene rings is 1. The minimum atomic E-state index is -0.0919. The van der Waals surface area contributed by atoms with Crippen molar-refractivity contribution in [2.75, 3.05) is 20.4 Å². The highest BCUT2D eigenvalue weighted by molar-refractivity contribution is 7.16. The molecule has 3 nitrogen and oxygen atoms in total. The average Bonchev–Trinajstić information content (AvgIpc) is 2.45. The summed E-state index contributed by atoms with van der Waals surface area (Å²) in [6.45, 7) is 6.43. The van der Waals surface area contributed by atoms with Gasteiger partial charge in [-0.05, 0) is 36.0 Å². The van der Waals surface area contributed by atoms with Crippen molar-refractivity contribution < 1.29 is 14.3 Å². The van der Waals surface area contributed by atoms with Crippen molar-refractivity contribution in [3.05, 3.63) is 22.7 Å². The van der Waals surface area contributed by atoms with Crippen LogP contribution < -0.4 is 9.47 Å². The second-order valence-electron chi connectivity index (χ2n) is 6.47. The fraction of sp³-hybridized carbons (Fsp3) is 0.588. The standard InChI is InChI=1S/C17H26ClO3P/c1-11(10-22)8-17(2,3)9-13(19)15-14(20-4)7-6-12(18)16(15)21-5/h6-7,11H,8-10,22H2,1-5H3. The van der Waals surface area contributed by atoms with Gasteiger partial charge in [0.05, 0.1) is 19.2 Å². The fourth-order valence-electron chi connectivity index (χ4n) is 2.79. The molecule has 0 saturated heterocycles. The minimum absolute atomic E-state index is 0.00263. The van der Waals surface area contributed by atoms with Gasteiger partial charge in [0.25, 0.3) is 0 Å². The quantitative estimate of drug-likeness (QED) is 0.499. The highest BCUT2D eigenvalue weighted by Gasteiger charge is 2.28. The SMILES string of the molecule is COc1ccc(Cl)c(OC)c1C(=O)CC(C)(C)CC(C)CP. The molecule has 5 heteroatoms. The number of methoxy groups -OCH3 is 2. The molecule has 0 heterocycles. The van der Waals surface area contributed by atoms with Crippen molar-refractivity contribution >= 4 is 26.6 Å². The Morgan fingerprint density at radius 1 is 1.32 bits per heavy atom. The summed E-state index contributed by atoms with van der Waals surface area (Å²) >= 11 is 6.15. The van der Waals surface area contributed by atoms with Crippen LogP contribution in [0.1, 0.15) is 44.0 Å². The molecule has 0 radical (unpaired) electrons. The number of carbonyl (C=O) groups excluding carboxylic acids is 1. The number of ether oxygens (including phenoxy) is 2. The third-order valence-electron chi connectivity index (χ3n) is 3.72. The van der Waals surface area contributed by atoms with Crippen molar-refractivity contribution in [1.29, 1.82) is 0 Å². The van der Waals surface area contributed by atoms with Gasteiger partial charge in [0, 0.05) is 6.42 Å². The Balaban J connectivity index is 3.10. The maximum Gasteiger partial charge on any atom is 0.170 e. The van der Waals surface area contributed by atoms with E-state index in [0.717, 1.165) is 12.6 Å². The minimum Gasteiger partial charge on any atom is -0.496 e. The first-order valence-electron chi connectivity index (χ1n) is 7.39. The highest BCUT2D eigenvalue weighted by Crippen LogP contribution is 2.39. The normalized spacial score (nSPS) is 12.9. The largest absolute Gasteiger partial charge is 0.496 e. The lowest BCUT2D eigenvalue weighted by Crippen LogP contribution is -2.21. The predicted molar refractivity (Wildman–Crippen MR) is 95.6 cm³/mol. The Morgan fingerprint density at radius 2 is 1.95 bits per heavy atom. The first-order valence-corrected chi connectivity index (χ1v) is 8.59. The van der Waals surface area contributed by atoms with Gasteiger partial charge in [0.1, 0.15) is 11.3 Å². The van der Waals surface area contributed by atoms with Gasteiger partial charge in [-0.1, -0.05) is 32.4 Å². The van der Waals surface area contributed by atoms with Gasteiger partial charge in [-0.15, -0.1) is 9.24 Å². The van der Waals surface area contributed by atoms with Gasteiger partial charge in [-0.25, -0.2) is 0 Å². The molecule has 0 spiro atoms. The molecule has 2 unspecified atom stereocenters. The third kappa shape index (κ3) is 4.86. The smallest absolute Gasteiger partial charge is 0.170 e. The van der Waals surface area contributed by atoms with Crippen LogP contribution >= 0.6 is 20.8 Å². The van der Waals surface area contributed by atoms with Crippen LogP contribution in [0.4, 0.5) is 0 Å². The van der Waals surface area contributed by atoms with Crippen LogP contribution in [0.3, 0.4) is 0 Å². The fourth-order valence-corrected chi connectivity index (χ4v) is 3.20. The first-order chi connectivity index (χ1) is 10.3. The van der Waals surface area contributed by atoms with Crippen LogP contribution in [-0.2, 0) is 0 Å². The van der Waals surface area contributed by atoms with E-state index in [0.29, 0.717) is 34.4 Å². The van der Waals surface area contributed by atoms with Crippen LogP contribution in [0.15, 0.2) is 12.1 Å². The maximum atomic E-state index is 12.8. The number of carbonyl (C=O) groups is 1. The molecule has 0 fully saturated rings. The highest BCUT2D eigenvalue weighted by atomic mass is 35.5. The molecular formula is C17H26ClO3P. The monoisotopic (exact) mass is 344 g/mol. The van der Waals surface area contributed by atoms with Crippen molar-refractivity contribution in [3.63, 3.8) is 0 Å². The Morgan fingerprint density at radius 3 is 2.45 bits per heavy atom. The molecule has 0 bridgehead atoms. The van der Waals surface area contributed by atoms with Crippen molar-refractivity contribution in [2.24, 2.45) is 11.3 Å². The molecule has 2 atom stereocenters. The molecule has 0 amide bonds. The molecular weight excluding hydrogens is 319 g/mol. The summed E-state index contributed by atoms with van der Waals surface area (Å²) in [5.41, 5.74) is 0.342. The Bertz CT molecular complexity index is 529. The lowest BCUT2D eigenvalue weighted by atomic mass is 9.78. The van der Waals surface area contributed by atoms with Crippen molar-refractivity contribution in [3.8, 4) is 11.5 Å². The zero-order valence-corrected chi connectivity index (χ0v) is 15.9. The number of hydrogen-bond acceptors (Lipinski definition) is 3. The van der Waals surface area contributed by atoms with E-state index >= 15 is 0 Å². The van der Waals surface area contributed by atoms with E-state index < -0.39 is 0 Å². The third-order valence-corrected chi connectivity index (χ3v) is 4.82. The predicted octanol–water partition coefficient (Wildman–Crippen LogP) is 4.86. The molecule has 124 valence electrons. The van der Waals surface area contributed by atoms with Gasteiger partial charge >= 0.3 is 0 Å². The van der Waals surface area contributed by atoms with Crippen molar-refractivity contribution in [1.82, 2.24) is 0 Å². The maximum absolute atomic E-state index is 12.8. The Labute approximate surface area is 140 Å². The topological polar surface area (TPSA) is 35.5 Å². The van der Waals surface area contributed by atoms with Crippen LogP contribution in [0.25, 0.3) is 0 Å². The van der Waals surface area contributed by atoms with Gasteiger partial charge in [-0.3, -0.25) is 4.79 Å². The summed E-state index contributed by atoms with van der Waals surface area (Å²) < 4.78 is 10.6. The van der Waals surface area contributed by atoms with Crippen LogP contribution in [0.2, 0.25) is 5.02 Å². The molecule has 0 aliphatic carbocycles. The summed E-state index contributed by atoms with van der Waals surface area (Å²) in [6.07, 6.45) is 2.43. The second-order valence-corrected chi connectivity index (χ2v) is 7.35. The molecule has 1 rings (SSSR count). The summed E-state index contributed by atoms with van der Waals surface area (Å²) in [5.74, 6) is 1.44. The first kappa shape index (κ1) is 19.3. The molecule has 22 heavy (non-hydrogen) atoms. The number of hydrogen-bond donors (Lipinski definition) is 0. The molecule has 0 saturated carbocycles. The number of rotatable bonds is 8. The number of halogens is 1. The van der Waals surface area contributed by atoms with E-state index in [1.54, 1.807) is 19.2 Å². The number of Topliss-reactive ketones (excluding diaryl/α,β-unsaturated/α-hetero) is 1. The van der Waals surface area contributed by atoms with E-state index in [4.69, 9.17) is 21.1 Å². The lowest BCUT2D eigenvalue weighted by molar-refractivity contribution is 0.0911. The Kier molecular flexibility index (Phi) is 7.15. The molecule has 0 aromatic heterocycles. The van der Waals surface area contributed by atoms with Gasteiger partial charge in [0.15, 0.2) is 11.5 Å². The zero-order chi connectivity index (χ0) is 16.9. The Hall–Kier alpha value is -0.790. The summed E-state index contributed by atoms with van der Waals surface area (Å²) in [4.78, 5) is 12.8. The number of ketones is 1. The summed E-state index contributed by atoms with van der Waals surface area (Å²) in [5, 5.41) is 0.419. The summed E-state index contributed by atoms with van der Waals surface area (Å²) in [6, 6.07) is 3.38. The van der Waals surface area contributed by atoms with E-state index in [1.165, 1.54) is 7.11 Å². The van der Waals surface area contributed by atoms with Crippen molar-refractivity contribution in [2.45, 2.75) is 33.6 Å². The van der Waals surface area contributed by atoms with E-state index in [9.17, 15) is 4.79 Å².